The monoisotopic (exact) mass is 281 g/mol. The molecule has 0 saturated carbocycles. The molecule has 3 aromatic rings. The Labute approximate surface area is 123 Å². The molecule has 0 unspecified atom stereocenters. The zero-order valence-corrected chi connectivity index (χ0v) is 11.6. The first-order valence-corrected chi connectivity index (χ1v) is 6.86. The zero-order valence-electron chi connectivity index (χ0n) is 11.6. The number of benzene rings is 3. The van der Waals surface area contributed by atoms with Gasteiger partial charge in [0.05, 0.1) is 0 Å². The van der Waals surface area contributed by atoms with E-state index in [0.717, 1.165) is 16.3 Å². The van der Waals surface area contributed by atoms with Crippen LogP contribution in [0.2, 0.25) is 0 Å². The molecule has 2 nitrogen and oxygen atoms in total. The van der Waals surface area contributed by atoms with Gasteiger partial charge in [0.2, 0.25) is 0 Å². The summed E-state index contributed by atoms with van der Waals surface area (Å²) in [6.45, 7) is 0.567. The highest BCUT2D eigenvalue weighted by molar-refractivity contribution is 5.85. The summed E-state index contributed by atoms with van der Waals surface area (Å²) in [6, 6.07) is 18.9. The van der Waals surface area contributed by atoms with Crippen LogP contribution in [0.5, 0.6) is 5.75 Å². The molecule has 0 aliphatic rings. The largest absolute Gasteiger partial charge is 0.485 e. The van der Waals surface area contributed by atoms with Gasteiger partial charge in [-0.1, -0.05) is 54.6 Å². The fraction of sp³-hybridized carbons (Fsp3) is 0.111. The maximum Gasteiger partial charge on any atom is 0.165 e. The molecule has 0 radical (unpaired) electrons. The minimum Gasteiger partial charge on any atom is -0.485 e. The SMILES string of the molecule is NCc1cccc(F)c1OCc1cccc2ccccc12. The number of ether oxygens (including phenoxy) is 1. The van der Waals surface area contributed by atoms with E-state index in [4.69, 9.17) is 10.5 Å². The lowest BCUT2D eigenvalue weighted by Gasteiger charge is -2.12. The number of fused-ring (bicyclic) bond motifs is 1. The number of halogens is 1. The highest BCUT2D eigenvalue weighted by atomic mass is 19.1. The summed E-state index contributed by atoms with van der Waals surface area (Å²) in [5, 5.41) is 2.26. The standard InChI is InChI=1S/C18H16FNO/c19-17-10-4-7-14(11-20)18(17)21-12-15-8-3-6-13-5-1-2-9-16(13)15/h1-10H,11-12,20H2. The Hall–Kier alpha value is -2.39. The van der Waals surface area contributed by atoms with Gasteiger partial charge in [0, 0.05) is 12.1 Å². The number of hydrogen-bond acceptors (Lipinski definition) is 2. The molecule has 3 rings (SSSR count). The van der Waals surface area contributed by atoms with Gasteiger partial charge in [-0.15, -0.1) is 0 Å². The number of hydrogen-bond donors (Lipinski definition) is 1. The van der Waals surface area contributed by atoms with Crippen LogP contribution in [0, 0.1) is 5.82 Å². The van der Waals surface area contributed by atoms with Crippen molar-refractivity contribution < 1.29 is 9.13 Å². The van der Waals surface area contributed by atoms with Gasteiger partial charge in [-0.05, 0) is 22.4 Å². The molecule has 0 heterocycles. The van der Waals surface area contributed by atoms with E-state index in [2.05, 4.69) is 0 Å². The quantitative estimate of drug-likeness (QED) is 0.784. The fourth-order valence-corrected chi connectivity index (χ4v) is 2.44. The topological polar surface area (TPSA) is 35.2 Å². The van der Waals surface area contributed by atoms with Crippen LogP contribution in [-0.4, -0.2) is 0 Å². The molecule has 106 valence electrons. The van der Waals surface area contributed by atoms with Crippen molar-refractivity contribution in [2.24, 2.45) is 5.73 Å². The van der Waals surface area contributed by atoms with Crippen LogP contribution in [0.25, 0.3) is 10.8 Å². The van der Waals surface area contributed by atoms with E-state index in [1.54, 1.807) is 12.1 Å². The Bertz CT molecular complexity index is 765. The Balaban J connectivity index is 1.91. The van der Waals surface area contributed by atoms with Crippen molar-refractivity contribution in [1.82, 2.24) is 0 Å². The molecule has 0 amide bonds. The van der Waals surface area contributed by atoms with Gasteiger partial charge in [-0.25, -0.2) is 4.39 Å². The Morgan fingerprint density at radius 3 is 2.43 bits per heavy atom. The zero-order chi connectivity index (χ0) is 14.7. The van der Waals surface area contributed by atoms with Crippen LogP contribution in [0.3, 0.4) is 0 Å². The van der Waals surface area contributed by atoms with Crippen molar-refractivity contribution in [3.63, 3.8) is 0 Å². The highest BCUT2D eigenvalue weighted by Crippen LogP contribution is 2.25. The Morgan fingerprint density at radius 2 is 1.57 bits per heavy atom. The summed E-state index contributed by atoms with van der Waals surface area (Å²) in [5.74, 6) is -0.133. The van der Waals surface area contributed by atoms with Crippen LogP contribution in [-0.2, 0) is 13.2 Å². The summed E-state index contributed by atoms with van der Waals surface area (Å²) in [4.78, 5) is 0. The molecule has 3 heteroatoms. The molecule has 0 fully saturated rings. The number of nitrogens with two attached hydrogens (primary N) is 1. The van der Waals surface area contributed by atoms with Gasteiger partial charge in [0.1, 0.15) is 6.61 Å². The molecule has 0 atom stereocenters. The van der Waals surface area contributed by atoms with Crippen LogP contribution in [0.15, 0.2) is 60.7 Å². The Kier molecular flexibility index (Phi) is 3.84. The molecular weight excluding hydrogens is 265 g/mol. The molecule has 21 heavy (non-hydrogen) atoms. The lowest BCUT2D eigenvalue weighted by molar-refractivity contribution is 0.288. The normalized spacial score (nSPS) is 10.8. The van der Waals surface area contributed by atoms with Crippen LogP contribution < -0.4 is 10.5 Å². The first-order chi connectivity index (χ1) is 10.3. The van der Waals surface area contributed by atoms with Crippen LogP contribution >= 0.6 is 0 Å². The lowest BCUT2D eigenvalue weighted by atomic mass is 10.1. The lowest BCUT2D eigenvalue weighted by Crippen LogP contribution is -2.04. The summed E-state index contributed by atoms with van der Waals surface area (Å²) in [6.07, 6.45) is 0. The molecule has 3 aromatic carbocycles. The number of rotatable bonds is 4. The molecular formula is C18H16FNO. The molecule has 0 spiro atoms. The Morgan fingerprint density at radius 1 is 0.857 bits per heavy atom. The molecule has 0 saturated heterocycles. The second-order valence-corrected chi connectivity index (χ2v) is 4.86. The van der Waals surface area contributed by atoms with Crippen molar-refractivity contribution in [1.29, 1.82) is 0 Å². The summed E-state index contributed by atoms with van der Waals surface area (Å²) in [7, 11) is 0. The van der Waals surface area contributed by atoms with E-state index >= 15 is 0 Å². The highest BCUT2D eigenvalue weighted by Gasteiger charge is 2.09. The van der Waals surface area contributed by atoms with Gasteiger partial charge < -0.3 is 10.5 Å². The maximum absolute atomic E-state index is 13.9. The third-order valence-corrected chi connectivity index (χ3v) is 3.52. The van der Waals surface area contributed by atoms with Gasteiger partial charge >= 0.3 is 0 Å². The van der Waals surface area contributed by atoms with Gasteiger partial charge in [-0.3, -0.25) is 0 Å². The van der Waals surface area contributed by atoms with Crippen molar-refractivity contribution in [3.05, 3.63) is 77.6 Å². The van der Waals surface area contributed by atoms with E-state index < -0.39 is 0 Å². The maximum atomic E-state index is 13.9. The van der Waals surface area contributed by atoms with Crippen LogP contribution in [0.1, 0.15) is 11.1 Å². The second kappa shape index (κ2) is 5.94. The molecule has 2 N–H and O–H groups in total. The van der Waals surface area contributed by atoms with Crippen molar-refractivity contribution >= 4 is 10.8 Å². The summed E-state index contributed by atoms with van der Waals surface area (Å²) < 4.78 is 19.6. The molecule has 0 bridgehead atoms. The smallest absolute Gasteiger partial charge is 0.165 e. The van der Waals surface area contributed by atoms with E-state index in [1.165, 1.54) is 6.07 Å². The summed E-state index contributed by atoms with van der Waals surface area (Å²) in [5.41, 5.74) is 7.34. The molecule has 0 aliphatic heterocycles. The first kappa shape index (κ1) is 13.6. The van der Waals surface area contributed by atoms with Gasteiger partial charge in [0.25, 0.3) is 0 Å². The van der Waals surface area contributed by atoms with E-state index in [1.807, 2.05) is 42.5 Å². The van der Waals surface area contributed by atoms with E-state index in [-0.39, 0.29) is 18.1 Å². The second-order valence-electron chi connectivity index (χ2n) is 4.86. The van der Waals surface area contributed by atoms with E-state index in [0.29, 0.717) is 12.2 Å². The van der Waals surface area contributed by atoms with Crippen molar-refractivity contribution in [2.75, 3.05) is 0 Å². The predicted octanol–water partition coefficient (Wildman–Crippen LogP) is 4.02. The first-order valence-electron chi connectivity index (χ1n) is 6.86. The minimum atomic E-state index is -0.377. The van der Waals surface area contributed by atoms with Crippen LogP contribution in [0.4, 0.5) is 4.39 Å². The average Bonchev–Trinajstić information content (AvgIpc) is 2.53. The molecule has 0 aliphatic carbocycles. The predicted molar refractivity (Wildman–Crippen MR) is 82.6 cm³/mol. The fourth-order valence-electron chi connectivity index (χ4n) is 2.44. The third-order valence-electron chi connectivity index (χ3n) is 3.52. The third kappa shape index (κ3) is 2.73. The van der Waals surface area contributed by atoms with E-state index in [9.17, 15) is 4.39 Å². The molecule has 0 aromatic heterocycles. The van der Waals surface area contributed by atoms with Crippen molar-refractivity contribution in [2.45, 2.75) is 13.2 Å². The summed E-state index contributed by atoms with van der Waals surface area (Å²) >= 11 is 0. The minimum absolute atomic E-state index is 0.243. The van der Waals surface area contributed by atoms with Gasteiger partial charge in [-0.2, -0.15) is 0 Å². The number of para-hydroxylation sites is 1. The average molecular weight is 281 g/mol. The van der Waals surface area contributed by atoms with Gasteiger partial charge in [0.15, 0.2) is 11.6 Å². The van der Waals surface area contributed by atoms with Crippen molar-refractivity contribution in [3.8, 4) is 5.75 Å².